The Balaban J connectivity index is 1.77. The zero-order valence-corrected chi connectivity index (χ0v) is 22.5. The SMILES string of the molecule is NC(=O)c1ccc(C(CN2CCCC2CO)S(=O)(=O)O)c(-c2cnc(N)c(OCc3c(F)ccc(F)c3Cl)n2)c1. The van der Waals surface area contributed by atoms with Gasteiger partial charge in [-0.05, 0) is 49.2 Å². The summed E-state index contributed by atoms with van der Waals surface area (Å²) in [6.45, 7) is -0.406. The molecule has 40 heavy (non-hydrogen) atoms. The van der Waals surface area contributed by atoms with Gasteiger partial charge in [0.2, 0.25) is 5.91 Å². The Morgan fingerprint density at radius 2 is 1.98 bits per heavy atom. The van der Waals surface area contributed by atoms with Crippen molar-refractivity contribution in [3.05, 3.63) is 69.9 Å². The Kier molecular flexibility index (Phi) is 8.85. The molecule has 1 fully saturated rings. The van der Waals surface area contributed by atoms with E-state index in [9.17, 15) is 31.7 Å². The van der Waals surface area contributed by atoms with Crippen LogP contribution in [0.3, 0.4) is 0 Å². The quantitative estimate of drug-likeness (QED) is 0.200. The number of hydrogen-bond acceptors (Lipinski definition) is 9. The van der Waals surface area contributed by atoms with Gasteiger partial charge in [0.05, 0.1) is 23.5 Å². The lowest BCUT2D eigenvalue weighted by Crippen LogP contribution is -2.37. The van der Waals surface area contributed by atoms with Gasteiger partial charge in [0, 0.05) is 29.3 Å². The van der Waals surface area contributed by atoms with E-state index in [4.69, 9.17) is 27.8 Å². The number of nitrogens with zero attached hydrogens (tertiary/aromatic N) is 3. The molecule has 0 spiro atoms. The van der Waals surface area contributed by atoms with Crippen LogP contribution in [0, 0.1) is 11.6 Å². The highest BCUT2D eigenvalue weighted by atomic mass is 35.5. The molecule has 1 aliphatic rings. The Morgan fingerprint density at radius 3 is 2.65 bits per heavy atom. The minimum atomic E-state index is -4.71. The summed E-state index contributed by atoms with van der Waals surface area (Å²) in [6, 6.07) is 5.38. The predicted octanol–water partition coefficient (Wildman–Crippen LogP) is 2.72. The first kappa shape index (κ1) is 29.6. The number of benzene rings is 2. The van der Waals surface area contributed by atoms with Crippen molar-refractivity contribution < 1.29 is 36.4 Å². The summed E-state index contributed by atoms with van der Waals surface area (Å²) in [5.41, 5.74) is 11.2. The van der Waals surface area contributed by atoms with Crippen molar-refractivity contribution >= 4 is 33.4 Å². The van der Waals surface area contributed by atoms with Crippen LogP contribution in [0.4, 0.5) is 14.6 Å². The second kappa shape index (κ2) is 12.0. The first-order valence-corrected chi connectivity index (χ1v) is 13.9. The van der Waals surface area contributed by atoms with E-state index in [0.29, 0.717) is 13.0 Å². The molecule has 4 rings (SSSR count). The summed E-state index contributed by atoms with van der Waals surface area (Å²) in [6.07, 6.45) is 2.58. The van der Waals surface area contributed by atoms with Crippen molar-refractivity contribution in [1.29, 1.82) is 0 Å². The number of ether oxygens (including phenoxy) is 1. The third-order valence-corrected chi connectivity index (χ3v) is 8.22. The van der Waals surface area contributed by atoms with E-state index in [0.717, 1.165) is 18.6 Å². The van der Waals surface area contributed by atoms with Crippen LogP contribution in [-0.2, 0) is 16.7 Å². The maximum absolute atomic E-state index is 14.2. The summed E-state index contributed by atoms with van der Waals surface area (Å²) in [5, 5.41) is 7.70. The number of anilines is 1. The first-order valence-electron chi connectivity index (χ1n) is 12.0. The molecule has 3 aromatic rings. The minimum absolute atomic E-state index is 0.0111. The molecule has 0 bridgehead atoms. The van der Waals surface area contributed by atoms with Crippen LogP contribution in [0.5, 0.6) is 5.88 Å². The molecule has 6 N–H and O–H groups in total. The monoisotopic (exact) mass is 597 g/mol. The van der Waals surface area contributed by atoms with Gasteiger partial charge in [0.25, 0.3) is 16.0 Å². The molecule has 1 aliphatic heterocycles. The highest BCUT2D eigenvalue weighted by Gasteiger charge is 2.34. The van der Waals surface area contributed by atoms with Gasteiger partial charge in [0.15, 0.2) is 5.82 Å². The highest BCUT2D eigenvalue weighted by molar-refractivity contribution is 7.86. The lowest BCUT2D eigenvalue weighted by molar-refractivity contribution is 0.1000. The Bertz CT molecular complexity index is 1540. The summed E-state index contributed by atoms with van der Waals surface area (Å²) in [4.78, 5) is 22.0. The molecule has 0 saturated carbocycles. The predicted molar refractivity (Wildman–Crippen MR) is 142 cm³/mol. The van der Waals surface area contributed by atoms with Gasteiger partial charge in [0.1, 0.15) is 23.5 Å². The number of rotatable bonds is 10. The third-order valence-electron chi connectivity index (χ3n) is 6.69. The van der Waals surface area contributed by atoms with Gasteiger partial charge in [-0.3, -0.25) is 14.2 Å². The van der Waals surface area contributed by atoms with Gasteiger partial charge >= 0.3 is 0 Å². The normalized spacial score (nSPS) is 16.7. The van der Waals surface area contributed by atoms with E-state index in [-0.39, 0.29) is 58.8 Å². The molecule has 2 heterocycles. The molecule has 2 aromatic carbocycles. The molecular weight excluding hydrogens is 572 g/mol. The van der Waals surface area contributed by atoms with Crippen molar-refractivity contribution in [3.8, 4) is 17.1 Å². The molecule has 2 unspecified atom stereocenters. The first-order chi connectivity index (χ1) is 18.9. The van der Waals surface area contributed by atoms with E-state index in [1.807, 2.05) is 0 Å². The van der Waals surface area contributed by atoms with Gasteiger partial charge in [-0.1, -0.05) is 17.7 Å². The molecular formula is C25H26ClF2N5O6S. The number of nitrogen functional groups attached to an aromatic ring is 1. The number of aliphatic hydroxyl groups is 1. The van der Waals surface area contributed by atoms with E-state index in [1.54, 1.807) is 4.90 Å². The molecule has 0 aliphatic carbocycles. The van der Waals surface area contributed by atoms with E-state index < -0.39 is 44.5 Å². The fourth-order valence-corrected chi connectivity index (χ4v) is 5.69. The zero-order valence-electron chi connectivity index (χ0n) is 20.9. The Morgan fingerprint density at radius 1 is 1.25 bits per heavy atom. The number of amides is 1. The van der Waals surface area contributed by atoms with Gasteiger partial charge in [-0.2, -0.15) is 8.42 Å². The lowest BCUT2D eigenvalue weighted by Gasteiger charge is -2.27. The maximum Gasteiger partial charge on any atom is 0.273 e. The molecule has 15 heteroatoms. The van der Waals surface area contributed by atoms with E-state index in [1.165, 1.54) is 24.4 Å². The Labute approximate surface area is 233 Å². The lowest BCUT2D eigenvalue weighted by atomic mass is 9.98. The average molecular weight is 598 g/mol. The van der Waals surface area contributed by atoms with Crippen molar-refractivity contribution in [2.45, 2.75) is 30.7 Å². The number of likely N-dealkylation sites (tertiary alicyclic amines) is 1. The van der Waals surface area contributed by atoms with Gasteiger partial charge in [-0.25, -0.2) is 18.7 Å². The van der Waals surface area contributed by atoms with Crippen LogP contribution in [0.2, 0.25) is 5.02 Å². The second-order valence-corrected chi connectivity index (χ2v) is 11.2. The van der Waals surface area contributed by atoms with Crippen LogP contribution < -0.4 is 16.2 Å². The molecule has 0 radical (unpaired) electrons. The molecule has 1 amide bonds. The van der Waals surface area contributed by atoms with Crippen LogP contribution in [0.15, 0.2) is 36.5 Å². The summed E-state index contributed by atoms with van der Waals surface area (Å²) >= 11 is 5.86. The molecule has 2 atom stereocenters. The topological polar surface area (TPSA) is 182 Å². The van der Waals surface area contributed by atoms with Crippen molar-refractivity contribution in [1.82, 2.24) is 14.9 Å². The third kappa shape index (κ3) is 6.31. The van der Waals surface area contributed by atoms with Crippen LogP contribution in [0.1, 0.15) is 39.6 Å². The second-order valence-electron chi connectivity index (χ2n) is 9.20. The summed E-state index contributed by atoms with van der Waals surface area (Å²) < 4.78 is 69.0. The fourth-order valence-electron chi connectivity index (χ4n) is 4.58. The average Bonchev–Trinajstić information content (AvgIpc) is 3.37. The number of carbonyl (C=O) groups excluding carboxylic acids is 1. The highest BCUT2D eigenvalue weighted by Crippen LogP contribution is 2.36. The summed E-state index contributed by atoms with van der Waals surface area (Å²) in [5.74, 6) is -3.04. The molecule has 1 saturated heterocycles. The van der Waals surface area contributed by atoms with Crippen LogP contribution in [0.25, 0.3) is 11.3 Å². The van der Waals surface area contributed by atoms with Gasteiger partial charge in [-0.15, -0.1) is 0 Å². The van der Waals surface area contributed by atoms with E-state index in [2.05, 4.69) is 9.97 Å². The van der Waals surface area contributed by atoms with Crippen LogP contribution in [-0.4, -0.2) is 64.6 Å². The van der Waals surface area contributed by atoms with Crippen LogP contribution >= 0.6 is 11.6 Å². The van der Waals surface area contributed by atoms with Gasteiger partial charge < -0.3 is 21.3 Å². The van der Waals surface area contributed by atoms with E-state index >= 15 is 0 Å². The fraction of sp³-hybridized carbons (Fsp3) is 0.320. The number of primary amides is 1. The molecule has 214 valence electrons. The number of aliphatic hydroxyl groups excluding tert-OH is 1. The number of halogens is 3. The maximum atomic E-state index is 14.2. The standard InChI is InChI=1S/C25H26ClF2N5O6S/c26-22-17(18(27)5-6-19(22)28)12-39-25-23(29)31-9-20(32-25)16-8-13(24(30)35)3-4-15(16)21(40(36,37)38)10-33-7-1-2-14(33)11-34/h3-6,8-9,14,21,34H,1-2,7,10-12H2,(H2,29,31)(H2,30,35)(H,36,37,38). The number of hydrogen-bond donors (Lipinski definition) is 4. The Hall–Kier alpha value is -3.43. The van der Waals surface area contributed by atoms with Crippen molar-refractivity contribution in [2.24, 2.45) is 5.73 Å². The minimum Gasteiger partial charge on any atom is -0.470 e. The number of aromatic nitrogens is 2. The number of carbonyl (C=O) groups is 1. The smallest absolute Gasteiger partial charge is 0.273 e. The van der Waals surface area contributed by atoms with Crippen molar-refractivity contribution in [2.75, 3.05) is 25.4 Å². The molecule has 1 aromatic heterocycles. The van der Waals surface area contributed by atoms with Crippen molar-refractivity contribution in [3.63, 3.8) is 0 Å². The number of nitrogens with two attached hydrogens (primary N) is 2. The zero-order chi connectivity index (χ0) is 29.2. The largest absolute Gasteiger partial charge is 0.470 e. The molecule has 11 nitrogen and oxygen atoms in total. The summed E-state index contributed by atoms with van der Waals surface area (Å²) in [7, 11) is -4.71.